The van der Waals surface area contributed by atoms with Crippen LogP contribution in [0, 0.1) is 0 Å². The molecule has 1 amide bonds. The average molecular weight is 479 g/mol. The lowest BCUT2D eigenvalue weighted by Gasteiger charge is -2.20. The summed E-state index contributed by atoms with van der Waals surface area (Å²) in [6, 6.07) is 24.3. The molecule has 0 bridgehead atoms. The Hall–Kier alpha value is -3.49. The molecule has 0 unspecified atom stereocenters. The Morgan fingerprint density at radius 2 is 1.44 bits per heavy atom. The van der Waals surface area contributed by atoms with E-state index >= 15 is 0 Å². The van der Waals surface area contributed by atoms with Crippen LogP contribution >= 0.6 is 0 Å². The first-order valence-corrected chi connectivity index (χ1v) is 12.6. The van der Waals surface area contributed by atoms with Gasteiger partial charge in [-0.2, -0.15) is 4.31 Å². The fourth-order valence-corrected chi connectivity index (χ4v) is 5.49. The minimum Gasteiger partial charge on any atom is -0.452 e. The topological polar surface area (TPSA) is 92.8 Å². The van der Waals surface area contributed by atoms with E-state index < -0.39 is 34.5 Å². The third-order valence-electron chi connectivity index (χ3n) is 5.68. The van der Waals surface area contributed by atoms with Gasteiger partial charge in [0.1, 0.15) is 0 Å². The zero-order valence-corrected chi connectivity index (χ0v) is 19.4. The van der Waals surface area contributed by atoms with Crippen molar-refractivity contribution in [3.05, 3.63) is 102 Å². The molecule has 7 nitrogen and oxygen atoms in total. The number of nitrogens with one attached hydrogen (secondary N) is 1. The average Bonchev–Trinajstić information content (AvgIpc) is 3.43. The van der Waals surface area contributed by atoms with Crippen LogP contribution in [0.2, 0.25) is 0 Å². The van der Waals surface area contributed by atoms with Crippen molar-refractivity contribution in [1.82, 2.24) is 9.62 Å². The van der Waals surface area contributed by atoms with E-state index in [1.54, 1.807) is 0 Å². The van der Waals surface area contributed by atoms with Crippen molar-refractivity contribution in [3.8, 4) is 0 Å². The Bertz CT molecular complexity index is 1200. The summed E-state index contributed by atoms with van der Waals surface area (Å²) >= 11 is 0. The first-order valence-electron chi connectivity index (χ1n) is 11.1. The van der Waals surface area contributed by atoms with Gasteiger partial charge in [0.05, 0.1) is 16.5 Å². The molecule has 1 N–H and O–H groups in total. The summed E-state index contributed by atoms with van der Waals surface area (Å²) < 4.78 is 32.2. The SMILES string of the molecule is O=C(COC(=O)c1cccc(S(=O)(=O)N2CCCC2)c1)NC(c1ccccc1)c1ccccc1. The van der Waals surface area contributed by atoms with Gasteiger partial charge in [-0.15, -0.1) is 0 Å². The molecule has 1 aliphatic heterocycles. The van der Waals surface area contributed by atoms with E-state index in [2.05, 4.69) is 5.32 Å². The van der Waals surface area contributed by atoms with Crippen LogP contribution in [-0.4, -0.2) is 44.3 Å². The van der Waals surface area contributed by atoms with E-state index in [9.17, 15) is 18.0 Å². The van der Waals surface area contributed by atoms with Gasteiger partial charge in [0.2, 0.25) is 10.0 Å². The molecule has 8 heteroatoms. The van der Waals surface area contributed by atoms with Crippen molar-refractivity contribution < 1.29 is 22.7 Å². The highest BCUT2D eigenvalue weighted by atomic mass is 32.2. The minimum absolute atomic E-state index is 0.0431. The summed E-state index contributed by atoms with van der Waals surface area (Å²) in [5.74, 6) is -1.23. The number of ether oxygens (including phenoxy) is 1. The number of sulfonamides is 1. The second-order valence-electron chi connectivity index (χ2n) is 8.04. The van der Waals surface area contributed by atoms with Gasteiger partial charge in [-0.3, -0.25) is 4.79 Å². The molecule has 1 fully saturated rings. The summed E-state index contributed by atoms with van der Waals surface area (Å²) in [4.78, 5) is 25.3. The van der Waals surface area contributed by atoms with Gasteiger partial charge in [0.25, 0.3) is 5.91 Å². The normalized spacial score (nSPS) is 14.1. The van der Waals surface area contributed by atoms with Gasteiger partial charge in [0.15, 0.2) is 6.61 Å². The van der Waals surface area contributed by atoms with Gasteiger partial charge in [-0.25, -0.2) is 13.2 Å². The van der Waals surface area contributed by atoms with Crippen molar-refractivity contribution in [1.29, 1.82) is 0 Å². The molecule has 0 saturated carbocycles. The van der Waals surface area contributed by atoms with Crippen molar-refractivity contribution in [2.24, 2.45) is 0 Å². The molecule has 4 rings (SSSR count). The molecule has 3 aromatic rings. The number of carbonyl (C=O) groups excluding carboxylic acids is 2. The largest absolute Gasteiger partial charge is 0.452 e. The van der Waals surface area contributed by atoms with Crippen LogP contribution in [0.4, 0.5) is 0 Å². The Balaban J connectivity index is 1.42. The third kappa shape index (κ3) is 5.52. The third-order valence-corrected chi connectivity index (χ3v) is 7.57. The van der Waals surface area contributed by atoms with Crippen molar-refractivity contribution >= 4 is 21.9 Å². The maximum absolute atomic E-state index is 12.8. The summed E-state index contributed by atoms with van der Waals surface area (Å²) in [6.07, 6.45) is 1.64. The molecule has 0 spiro atoms. The monoisotopic (exact) mass is 478 g/mol. The molecule has 1 saturated heterocycles. The second kappa shape index (κ2) is 10.6. The second-order valence-corrected chi connectivity index (χ2v) is 9.97. The quantitative estimate of drug-likeness (QED) is 0.500. The lowest BCUT2D eigenvalue weighted by atomic mass is 9.99. The van der Waals surface area contributed by atoms with Gasteiger partial charge in [-0.1, -0.05) is 66.7 Å². The Kier molecular flexibility index (Phi) is 7.40. The molecule has 0 atom stereocenters. The van der Waals surface area contributed by atoms with E-state index in [1.165, 1.54) is 28.6 Å². The molecule has 176 valence electrons. The molecule has 3 aromatic carbocycles. The first-order chi connectivity index (χ1) is 16.4. The highest BCUT2D eigenvalue weighted by Gasteiger charge is 2.28. The van der Waals surface area contributed by atoms with E-state index in [1.807, 2.05) is 60.7 Å². The first kappa shape index (κ1) is 23.7. The lowest BCUT2D eigenvalue weighted by Crippen LogP contribution is -2.33. The van der Waals surface area contributed by atoms with Crippen LogP contribution in [0.15, 0.2) is 89.8 Å². The van der Waals surface area contributed by atoms with Crippen molar-refractivity contribution in [2.45, 2.75) is 23.8 Å². The van der Waals surface area contributed by atoms with Gasteiger partial charge in [-0.05, 0) is 42.2 Å². The number of amides is 1. The van der Waals surface area contributed by atoms with Gasteiger partial charge < -0.3 is 10.1 Å². The van der Waals surface area contributed by atoms with Crippen LogP contribution in [0.1, 0.15) is 40.4 Å². The number of benzene rings is 3. The fraction of sp³-hybridized carbons (Fsp3) is 0.231. The maximum Gasteiger partial charge on any atom is 0.338 e. The van der Waals surface area contributed by atoms with E-state index in [-0.39, 0.29) is 10.5 Å². The molecular weight excluding hydrogens is 452 g/mol. The number of hydrogen-bond donors (Lipinski definition) is 1. The van der Waals surface area contributed by atoms with Crippen LogP contribution < -0.4 is 5.32 Å². The van der Waals surface area contributed by atoms with Gasteiger partial charge >= 0.3 is 5.97 Å². The summed E-state index contributed by atoms with van der Waals surface area (Å²) in [5, 5.41) is 2.91. The van der Waals surface area contributed by atoms with Crippen molar-refractivity contribution in [2.75, 3.05) is 19.7 Å². The number of nitrogens with zero attached hydrogens (tertiary/aromatic N) is 1. The number of hydrogen-bond acceptors (Lipinski definition) is 5. The molecule has 0 aliphatic carbocycles. The Labute approximate surface area is 199 Å². The standard InChI is InChI=1S/C26H26N2O5S/c29-24(27-25(20-10-3-1-4-11-20)21-12-5-2-6-13-21)19-33-26(30)22-14-9-15-23(18-22)34(31,32)28-16-7-8-17-28/h1-6,9-15,18,25H,7-8,16-17,19H2,(H,27,29). The molecule has 0 aromatic heterocycles. The van der Waals surface area contributed by atoms with Crippen LogP contribution in [0.5, 0.6) is 0 Å². The minimum atomic E-state index is -3.66. The van der Waals surface area contributed by atoms with Crippen LogP contribution in [-0.2, 0) is 19.6 Å². The number of carbonyl (C=O) groups is 2. The van der Waals surface area contributed by atoms with Crippen LogP contribution in [0.25, 0.3) is 0 Å². The summed E-state index contributed by atoms with van der Waals surface area (Å²) in [5.41, 5.74) is 1.87. The molecule has 34 heavy (non-hydrogen) atoms. The number of esters is 1. The van der Waals surface area contributed by atoms with E-state index in [0.717, 1.165) is 24.0 Å². The fourth-order valence-electron chi connectivity index (χ4n) is 3.93. The van der Waals surface area contributed by atoms with E-state index in [4.69, 9.17) is 4.74 Å². The van der Waals surface area contributed by atoms with Crippen LogP contribution in [0.3, 0.4) is 0 Å². The summed E-state index contributed by atoms with van der Waals surface area (Å²) in [7, 11) is -3.66. The maximum atomic E-state index is 12.8. The zero-order valence-electron chi connectivity index (χ0n) is 18.6. The highest BCUT2D eigenvalue weighted by molar-refractivity contribution is 7.89. The number of rotatable bonds is 8. The molecular formula is C26H26N2O5S. The highest BCUT2D eigenvalue weighted by Crippen LogP contribution is 2.23. The smallest absolute Gasteiger partial charge is 0.338 e. The zero-order chi connectivity index (χ0) is 24.0. The molecule has 0 radical (unpaired) electrons. The molecule has 1 aliphatic rings. The Morgan fingerprint density at radius 1 is 0.853 bits per heavy atom. The van der Waals surface area contributed by atoms with Gasteiger partial charge in [0, 0.05) is 13.1 Å². The van der Waals surface area contributed by atoms with E-state index in [0.29, 0.717) is 13.1 Å². The lowest BCUT2D eigenvalue weighted by molar-refractivity contribution is -0.124. The summed E-state index contributed by atoms with van der Waals surface area (Å²) in [6.45, 7) is 0.459. The predicted octanol–water partition coefficient (Wildman–Crippen LogP) is 3.53. The van der Waals surface area contributed by atoms with Crippen molar-refractivity contribution in [3.63, 3.8) is 0 Å². The predicted molar refractivity (Wildman–Crippen MR) is 128 cm³/mol. The molecule has 1 heterocycles. The Morgan fingerprint density at radius 3 is 2.03 bits per heavy atom.